The first-order chi connectivity index (χ1) is 7.58. The van der Waals surface area contributed by atoms with Crippen LogP contribution in [0.4, 0.5) is 16.0 Å². The molecule has 0 unspecified atom stereocenters. The second-order valence-corrected chi connectivity index (χ2v) is 2.88. The van der Waals surface area contributed by atoms with Gasteiger partial charge >= 0.3 is 0 Å². The molecule has 0 saturated heterocycles. The molecule has 0 spiro atoms. The van der Waals surface area contributed by atoms with Gasteiger partial charge in [-0.05, 0) is 17.3 Å². The lowest BCUT2D eigenvalue weighted by atomic mass is 10.2. The van der Waals surface area contributed by atoms with Gasteiger partial charge in [0.2, 0.25) is 0 Å². The monoisotopic (exact) mass is 224 g/mol. The van der Waals surface area contributed by atoms with Gasteiger partial charge in [-0.25, -0.2) is 4.39 Å². The van der Waals surface area contributed by atoms with E-state index < -0.39 is 16.4 Å². The van der Waals surface area contributed by atoms with Crippen molar-refractivity contribution >= 4 is 11.6 Å². The van der Waals surface area contributed by atoms with Crippen molar-refractivity contribution in [3.63, 3.8) is 0 Å². The minimum Gasteiger partial charge on any atom is -0.365 e. The van der Waals surface area contributed by atoms with Crippen molar-refractivity contribution in [1.29, 1.82) is 0 Å². The molecule has 7 nitrogen and oxygen atoms in total. The minimum absolute atomic E-state index is 0.0237. The molecule has 82 valence electrons. The number of benzene rings is 1. The molecular weight excluding hydrogens is 219 g/mol. The van der Waals surface area contributed by atoms with Crippen LogP contribution in [0.1, 0.15) is 0 Å². The van der Waals surface area contributed by atoms with Crippen molar-refractivity contribution < 1.29 is 13.8 Å². The fourth-order valence-electron chi connectivity index (χ4n) is 1.18. The van der Waals surface area contributed by atoms with Gasteiger partial charge in [0.05, 0.1) is 11.0 Å². The lowest BCUT2D eigenvalue weighted by Gasteiger charge is -1.97. The largest absolute Gasteiger partial charge is 0.365 e. The van der Waals surface area contributed by atoms with Crippen LogP contribution >= 0.6 is 0 Å². The topological polar surface area (TPSA) is 108 Å². The number of rotatable bonds is 2. The number of nitrogens with zero attached hydrogens (tertiary/aromatic N) is 3. The molecule has 0 atom stereocenters. The number of nitrogen functional groups attached to an aromatic ring is 1. The Morgan fingerprint density at radius 2 is 2.25 bits per heavy atom. The van der Waals surface area contributed by atoms with Crippen LogP contribution in [0.2, 0.25) is 0 Å². The number of halogens is 1. The van der Waals surface area contributed by atoms with E-state index in [0.29, 0.717) is 0 Å². The third-order valence-electron chi connectivity index (χ3n) is 1.83. The highest BCUT2D eigenvalue weighted by molar-refractivity contribution is 5.66. The van der Waals surface area contributed by atoms with Gasteiger partial charge in [0, 0.05) is 0 Å². The van der Waals surface area contributed by atoms with E-state index in [4.69, 9.17) is 5.73 Å². The predicted octanol–water partition coefficient (Wildman–Crippen LogP) is 1.37. The van der Waals surface area contributed by atoms with E-state index in [1.54, 1.807) is 0 Å². The first kappa shape index (κ1) is 10.0. The molecule has 2 aromatic rings. The van der Waals surface area contributed by atoms with Gasteiger partial charge in [0.1, 0.15) is 11.4 Å². The average Bonchev–Trinajstić information content (AvgIpc) is 2.64. The number of nitro groups is 1. The lowest BCUT2D eigenvalue weighted by Crippen LogP contribution is -1.93. The molecule has 0 saturated carbocycles. The van der Waals surface area contributed by atoms with Gasteiger partial charge in [-0.3, -0.25) is 10.1 Å². The molecule has 0 radical (unpaired) electrons. The second-order valence-electron chi connectivity index (χ2n) is 2.88. The Hall–Kier alpha value is -2.51. The molecule has 0 aliphatic rings. The van der Waals surface area contributed by atoms with Crippen LogP contribution in [0.15, 0.2) is 22.7 Å². The Kier molecular flexibility index (Phi) is 2.24. The molecule has 0 amide bonds. The fraction of sp³-hybridized carbons (Fsp3) is 0. The van der Waals surface area contributed by atoms with Crippen LogP contribution in [0.5, 0.6) is 0 Å². The zero-order valence-electron chi connectivity index (χ0n) is 7.75. The summed E-state index contributed by atoms with van der Waals surface area (Å²) >= 11 is 0. The van der Waals surface area contributed by atoms with Gasteiger partial charge in [0.25, 0.3) is 17.5 Å². The minimum atomic E-state index is -0.737. The predicted molar refractivity (Wildman–Crippen MR) is 50.8 cm³/mol. The number of aromatic nitrogens is 2. The van der Waals surface area contributed by atoms with Crippen molar-refractivity contribution in [3.8, 4) is 11.5 Å². The van der Waals surface area contributed by atoms with Crippen LogP contribution in [-0.2, 0) is 0 Å². The van der Waals surface area contributed by atoms with Gasteiger partial charge < -0.3 is 10.3 Å². The van der Waals surface area contributed by atoms with Gasteiger partial charge in [-0.15, -0.1) is 0 Å². The highest BCUT2D eigenvalue weighted by Crippen LogP contribution is 2.29. The summed E-state index contributed by atoms with van der Waals surface area (Å²) in [5.74, 6) is -0.985. The van der Waals surface area contributed by atoms with Crippen LogP contribution < -0.4 is 5.73 Å². The fourth-order valence-corrected chi connectivity index (χ4v) is 1.18. The van der Waals surface area contributed by atoms with Crippen molar-refractivity contribution in [2.24, 2.45) is 0 Å². The molecule has 0 bridgehead atoms. The van der Waals surface area contributed by atoms with E-state index in [9.17, 15) is 14.5 Å². The summed E-state index contributed by atoms with van der Waals surface area (Å²) in [5, 5.41) is 14.0. The molecule has 1 aromatic heterocycles. The van der Waals surface area contributed by atoms with Gasteiger partial charge in [-0.2, -0.15) is 4.98 Å². The zero-order valence-corrected chi connectivity index (χ0v) is 7.75. The first-order valence-corrected chi connectivity index (χ1v) is 4.11. The molecule has 0 aliphatic carbocycles. The Balaban J connectivity index is 2.60. The summed E-state index contributed by atoms with van der Waals surface area (Å²) in [4.78, 5) is 13.6. The van der Waals surface area contributed by atoms with E-state index in [1.807, 2.05) is 0 Å². The number of hydrogen-bond acceptors (Lipinski definition) is 6. The molecule has 1 aromatic carbocycles. The quantitative estimate of drug-likeness (QED) is 0.609. The van der Waals surface area contributed by atoms with Crippen molar-refractivity contribution in [3.05, 3.63) is 34.1 Å². The molecule has 1 heterocycles. The van der Waals surface area contributed by atoms with Gasteiger partial charge in [-0.1, -0.05) is 0 Å². The normalized spacial score (nSPS) is 10.3. The maximum absolute atomic E-state index is 12.8. The number of nitro benzene ring substituents is 1. The Labute approximate surface area is 87.8 Å². The number of nitrogens with two attached hydrogens (primary N) is 1. The molecule has 2 N–H and O–H groups in total. The maximum atomic E-state index is 12.8. The summed E-state index contributed by atoms with van der Waals surface area (Å²) in [6.07, 6.45) is 0. The van der Waals surface area contributed by atoms with Gasteiger partial charge in [0.15, 0.2) is 0 Å². The van der Waals surface area contributed by atoms with Crippen LogP contribution in [-0.4, -0.2) is 15.1 Å². The molecule has 8 heteroatoms. The van der Waals surface area contributed by atoms with Crippen LogP contribution in [0.25, 0.3) is 11.5 Å². The molecule has 2 rings (SSSR count). The highest BCUT2D eigenvalue weighted by Gasteiger charge is 2.20. The molecule has 0 aliphatic heterocycles. The Morgan fingerprint density at radius 3 is 2.81 bits per heavy atom. The van der Waals surface area contributed by atoms with E-state index in [-0.39, 0.29) is 17.4 Å². The smallest absolute Gasteiger partial charge is 0.285 e. The van der Waals surface area contributed by atoms with Crippen molar-refractivity contribution in [2.75, 3.05) is 5.73 Å². The van der Waals surface area contributed by atoms with E-state index in [2.05, 4.69) is 14.7 Å². The molecule has 0 fully saturated rings. The third-order valence-corrected chi connectivity index (χ3v) is 1.83. The Morgan fingerprint density at radius 1 is 1.50 bits per heavy atom. The average molecular weight is 224 g/mol. The van der Waals surface area contributed by atoms with E-state index in [0.717, 1.165) is 12.1 Å². The Bertz CT molecular complexity index is 554. The van der Waals surface area contributed by atoms with Crippen molar-refractivity contribution in [2.45, 2.75) is 0 Å². The van der Waals surface area contributed by atoms with Crippen LogP contribution in [0, 0.1) is 15.9 Å². The lowest BCUT2D eigenvalue weighted by molar-refractivity contribution is -0.384. The molecular formula is C8H5FN4O3. The van der Waals surface area contributed by atoms with Crippen molar-refractivity contribution in [1.82, 2.24) is 10.1 Å². The number of hydrogen-bond donors (Lipinski definition) is 1. The summed E-state index contributed by atoms with van der Waals surface area (Å²) in [7, 11) is 0. The highest BCUT2D eigenvalue weighted by atomic mass is 19.1. The van der Waals surface area contributed by atoms with Crippen LogP contribution in [0.3, 0.4) is 0 Å². The summed E-state index contributed by atoms with van der Waals surface area (Å²) < 4.78 is 17.5. The zero-order chi connectivity index (χ0) is 11.7. The maximum Gasteiger partial charge on any atom is 0.285 e. The van der Waals surface area contributed by atoms with E-state index >= 15 is 0 Å². The molecule has 16 heavy (non-hydrogen) atoms. The summed E-state index contributed by atoms with van der Waals surface area (Å²) in [6.45, 7) is 0. The number of anilines is 1. The summed E-state index contributed by atoms with van der Waals surface area (Å²) in [6, 6.07) is 3.01. The SMILES string of the molecule is Nc1noc(-c2ccc(F)cc2[N+](=O)[O-])n1. The second kappa shape index (κ2) is 3.57. The summed E-state index contributed by atoms with van der Waals surface area (Å²) in [5.41, 5.74) is 4.78. The third kappa shape index (κ3) is 1.67. The van der Waals surface area contributed by atoms with E-state index in [1.165, 1.54) is 6.07 Å². The first-order valence-electron chi connectivity index (χ1n) is 4.11. The standard InChI is InChI=1S/C8H5FN4O3/c9-4-1-2-5(6(3-4)13(14)15)7-11-8(10)12-16-7/h1-3H,(H2,10,12).